The van der Waals surface area contributed by atoms with Crippen molar-refractivity contribution in [2.45, 2.75) is 6.23 Å². The highest BCUT2D eigenvalue weighted by Crippen LogP contribution is 1.79. The Labute approximate surface area is 64.2 Å². The van der Waals surface area contributed by atoms with Gasteiger partial charge in [-0.05, 0) is 6.08 Å². The first kappa shape index (κ1) is 9.79. The number of aliphatic hydroxyl groups is 1. The van der Waals surface area contributed by atoms with Crippen molar-refractivity contribution in [2.24, 2.45) is 4.36 Å². The normalized spacial score (nSPS) is 11.4. The quantitative estimate of drug-likeness (QED) is 0.430. The van der Waals surface area contributed by atoms with Crippen LogP contribution in [0, 0.1) is 0 Å². The molecule has 0 saturated heterocycles. The van der Waals surface area contributed by atoms with Gasteiger partial charge in [-0.3, -0.25) is 0 Å². The van der Waals surface area contributed by atoms with E-state index in [4.69, 9.17) is 5.11 Å². The fourth-order valence-electron chi connectivity index (χ4n) is 0.279. The van der Waals surface area contributed by atoms with Gasteiger partial charge in [0.25, 0.3) is 0 Å². The summed E-state index contributed by atoms with van der Waals surface area (Å²) in [6, 6.07) is -1.13. The van der Waals surface area contributed by atoms with Gasteiger partial charge in [-0.15, -0.1) is 0 Å². The molecule has 0 bridgehead atoms. The van der Waals surface area contributed by atoms with Gasteiger partial charge in [0.1, 0.15) is 6.23 Å². The van der Waals surface area contributed by atoms with Crippen molar-refractivity contribution in [1.29, 1.82) is 0 Å². The minimum absolute atomic E-state index is 1.02. The van der Waals surface area contributed by atoms with Crippen LogP contribution in [-0.4, -0.2) is 25.8 Å². The summed E-state index contributed by atoms with van der Waals surface area (Å²) < 4.78 is 22.0. The summed E-state index contributed by atoms with van der Waals surface area (Å²) in [6.45, 7) is 3.13. The van der Waals surface area contributed by atoms with Crippen LogP contribution in [0.25, 0.3) is 0 Å². The summed E-state index contributed by atoms with van der Waals surface area (Å²) in [4.78, 5) is 10.3. The lowest BCUT2D eigenvalue weighted by Crippen LogP contribution is -2.30. The maximum atomic E-state index is 10.3. The highest BCUT2D eigenvalue weighted by Gasteiger charge is 2.02. The van der Waals surface area contributed by atoms with Gasteiger partial charge in [0.15, 0.2) is 0 Å². The Balaban J connectivity index is 4.09. The van der Waals surface area contributed by atoms with Gasteiger partial charge in [0.2, 0.25) is 0 Å². The number of urea groups is 1. The lowest BCUT2D eigenvalue weighted by Gasteiger charge is -2.01. The smallest absolute Gasteiger partial charge is 0.358 e. The van der Waals surface area contributed by atoms with Gasteiger partial charge in [0.05, 0.1) is 0 Å². The number of carbonyl (C=O) groups excluding carboxylic acids is 1. The second-order valence-electron chi connectivity index (χ2n) is 1.44. The average Bonchev–Trinajstić information content (AvgIpc) is 1.85. The summed E-state index contributed by atoms with van der Waals surface area (Å²) in [7, 11) is -2.80. The lowest BCUT2D eigenvalue weighted by molar-refractivity contribution is 0.183. The Kier molecular flexibility index (Phi) is 4.08. The Morgan fingerprint density at radius 3 is 2.64 bits per heavy atom. The van der Waals surface area contributed by atoms with E-state index in [0.717, 1.165) is 6.08 Å². The fourth-order valence-corrected chi connectivity index (χ4v) is 0.468. The van der Waals surface area contributed by atoms with Crippen molar-refractivity contribution >= 4 is 16.5 Å². The summed E-state index contributed by atoms with van der Waals surface area (Å²) in [5.41, 5.74) is 0. The van der Waals surface area contributed by atoms with Crippen LogP contribution < -0.4 is 5.32 Å². The molecule has 1 atom stereocenters. The molecule has 2 N–H and O–H groups in total. The van der Waals surface area contributed by atoms with E-state index in [2.05, 4.69) is 10.9 Å². The molecule has 0 aliphatic heterocycles. The van der Waals surface area contributed by atoms with Crippen molar-refractivity contribution in [1.82, 2.24) is 5.32 Å². The predicted molar refractivity (Wildman–Crippen MR) is 36.1 cm³/mol. The maximum Gasteiger partial charge on any atom is 0.358 e. The molecule has 0 aliphatic carbocycles. The zero-order chi connectivity index (χ0) is 8.85. The van der Waals surface area contributed by atoms with E-state index in [1.807, 2.05) is 0 Å². The Bertz CT molecular complexity index is 272. The van der Waals surface area contributed by atoms with Crippen LogP contribution in [0.2, 0.25) is 0 Å². The van der Waals surface area contributed by atoms with Crippen LogP contribution in [0.4, 0.5) is 4.79 Å². The van der Waals surface area contributed by atoms with Gasteiger partial charge in [-0.25, -0.2) is 4.79 Å². The van der Waals surface area contributed by atoms with E-state index in [9.17, 15) is 13.2 Å². The molecule has 11 heavy (non-hydrogen) atoms. The second kappa shape index (κ2) is 4.58. The third-order valence-corrected chi connectivity index (χ3v) is 0.967. The molecule has 0 aromatic carbocycles. The van der Waals surface area contributed by atoms with Gasteiger partial charge < -0.3 is 10.4 Å². The minimum Gasteiger partial charge on any atom is -0.370 e. The zero-order valence-corrected chi connectivity index (χ0v) is 6.21. The van der Waals surface area contributed by atoms with Crippen LogP contribution in [0.5, 0.6) is 0 Å². The van der Waals surface area contributed by atoms with Crippen molar-refractivity contribution in [2.75, 3.05) is 0 Å². The standard InChI is InChI=1S/C4H6N2O4S/c1-2-3(7)5-4(8)6-11(9)10/h2-3,7H,1H2,(H,5,8). The number of hydrogen-bond donors (Lipinski definition) is 2. The summed E-state index contributed by atoms with van der Waals surface area (Å²) in [5.74, 6) is 0. The Morgan fingerprint density at radius 1 is 1.73 bits per heavy atom. The molecule has 0 fully saturated rings. The topological polar surface area (TPSA) is 95.8 Å². The predicted octanol–water partition coefficient (Wildman–Crippen LogP) is -0.737. The monoisotopic (exact) mass is 178 g/mol. The number of nitrogens with one attached hydrogen (secondary N) is 1. The number of rotatable bonds is 2. The molecule has 7 heteroatoms. The first-order chi connectivity index (χ1) is 5.06. The lowest BCUT2D eigenvalue weighted by atomic mass is 10.5. The van der Waals surface area contributed by atoms with E-state index in [1.54, 1.807) is 5.32 Å². The molecule has 0 heterocycles. The van der Waals surface area contributed by atoms with Gasteiger partial charge in [-0.2, -0.15) is 8.42 Å². The molecule has 0 saturated carbocycles. The molecule has 1 unspecified atom stereocenters. The molecule has 0 spiro atoms. The summed E-state index contributed by atoms with van der Waals surface area (Å²) >= 11 is 0. The average molecular weight is 178 g/mol. The molecule has 0 aromatic heterocycles. The summed E-state index contributed by atoms with van der Waals surface area (Å²) in [6.07, 6.45) is -0.268. The molecule has 0 aromatic rings. The highest BCUT2D eigenvalue weighted by atomic mass is 32.2. The van der Waals surface area contributed by atoms with Crippen LogP contribution in [-0.2, 0) is 10.5 Å². The number of carbonyl (C=O) groups is 1. The Morgan fingerprint density at radius 2 is 2.27 bits per heavy atom. The van der Waals surface area contributed by atoms with Crippen molar-refractivity contribution in [3.05, 3.63) is 12.7 Å². The first-order valence-electron chi connectivity index (χ1n) is 2.48. The van der Waals surface area contributed by atoms with Gasteiger partial charge in [0, 0.05) is 0 Å². The van der Waals surface area contributed by atoms with E-state index in [0.29, 0.717) is 0 Å². The van der Waals surface area contributed by atoms with Crippen molar-refractivity contribution < 1.29 is 18.3 Å². The Hall–Kier alpha value is -1.21. The van der Waals surface area contributed by atoms with Crippen LogP contribution in [0.1, 0.15) is 0 Å². The number of hydrogen-bond acceptors (Lipinski definition) is 4. The SMILES string of the molecule is C=CC(O)NC(=O)N=S(=O)=O. The number of amides is 2. The van der Waals surface area contributed by atoms with E-state index in [1.165, 1.54) is 0 Å². The maximum absolute atomic E-state index is 10.3. The third-order valence-electron chi connectivity index (χ3n) is 0.652. The van der Waals surface area contributed by atoms with Crippen molar-refractivity contribution in [3.63, 3.8) is 0 Å². The molecular formula is C4H6N2O4S. The summed E-state index contributed by atoms with van der Waals surface area (Å²) in [5, 5.41) is 10.4. The molecular weight excluding hydrogens is 172 g/mol. The van der Waals surface area contributed by atoms with Crippen LogP contribution >= 0.6 is 0 Å². The molecule has 2 amide bonds. The molecule has 6 nitrogen and oxygen atoms in total. The van der Waals surface area contributed by atoms with Crippen LogP contribution in [0.3, 0.4) is 0 Å². The number of aliphatic hydroxyl groups excluding tert-OH is 1. The molecule has 0 rings (SSSR count). The van der Waals surface area contributed by atoms with Gasteiger partial charge >= 0.3 is 16.5 Å². The molecule has 0 radical (unpaired) electrons. The van der Waals surface area contributed by atoms with E-state index < -0.39 is 22.8 Å². The zero-order valence-electron chi connectivity index (χ0n) is 5.39. The first-order valence-corrected chi connectivity index (χ1v) is 3.51. The third kappa shape index (κ3) is 5.25. The van der Waals surface area contributed by atoms with E-state index >= 15 is 0 Å². The van der Waals surface area contributed by atoms with Gasteiger partial charge in [-0.1, -0.05) is 10.9 Å². The highest BCUT2D eigenvalue weighted by molar-refractivity contribution is 7.62. The van der Waals surface area contributed by atoms with Crippen molar-refractivity contribution in [3.8, 4) is 0 Å². The fraction of sp³-hybridized carbons (Fsp3) is 0.250. The minimum atomic E-state index is -2.80. The number of nitrogens with zero attached hydrogens (tertiary/aromatic N) is 1. The molecule has 62 valence electrons. The van der Waals surface area contributed by atoms with Crippen LogP contribution in [0.15, 0.2) is 17.0 Å². The largest absolute Gasteiger partial charge is 0.370 e. The molecule has 0 aliphatic rings. The van der Waals surface area contributed by atoms with E-state index in [-0.39, 0.29) is 0 Å². The second-order valence-corrected chi connectivity index (χ2v) is 2.06.